The molecule has 4 rings (SSSR count). The van der Waals surface area contributed by atoms with E-state index in [4.69, 9.17) is 4.74 Å². The monoisotopic (exact) mass is 442 g/mol. The molecule has 4 nitrogen and oxygen atoms in total. The number of alkyl halides is 6. The molecule has 0 spiro atoms. The number of pyridine rings is 1. The molecule has 0 saturated carbocycles. The van der Waals surface area contributed by atoms with Crippen LogP contribution in [0.4, 0.5) is 32.0 Å². The van der Waals surface area contributed by atoms with Crippen LogP contribution >= 0.6 is 0 Å². The number of rotatable bonds is 3. The van der Waals surface area contributed by atoms with Gasteiger partial charge in [0.25, 0.3) is 0 Å². The Hall–Kier alpha value is -3.17. The van der Waals surface area contributed by atoms with E-state index in [1.165, 1.54) is 12.1 Å². The van der Waals surface area contributed by atoms with Crippen LogP contribution in [0.5, 0.6) is 5.75 Å². The zero-order valence-corrected chi connectivity index (χ0v) is 15.8. The third kappa shape index (κ3) is 4.33. The molecule has 1 aliphatic heterocycles. The highest BCUT2D eigenvalue weighted by atomic mass is 19.4. The molecule has 0 fully saturated rings. The molecule has 1 aromatic heterocycles. The number of nitrogens with one attached hydrogen (secondary N) is 1. The number of anilines is 1. The highest BCUT2D eigenvalue weighted by molar-refractivity contribution is 5.94. The maximum Gasteiger partial charge on any atom is 0.417 e. The number of ether oxygens (including phenoxy) is 1. The van der Waals surface area contributed by atoms with Gasteiger partial charge in [0.1, 0.15) is 13.2 Å². The number of nitrogens with zero attached hydrogens (tertiary/aromatic N) is 1. The van der Waals surface area contributed by atoms with Crippen molar-refractivity contribution in [1.82, 2.24) is 4.98 Å². The third-order valence-electron chi connectivity index (χ3n) is 5.08. The summed E-state index contributed by atoms with van der Waals surface area (Å²) in [5.74, 6) is -0.324. The fourth-order valence-electron chi connectivity index (χ4n) is 3.84. The SMILES string of the molecule is O=c1cc(C(F)(F)F)c2c3c(ccc2[nH]1)N(CC(F)(F)F)C(Cc1ccccc1)CO3. The second kappa shape index (κ2) is 7.51. The van der Waals surface area contributed by atoms with E-state index in [1.807, 2.05) is 0 Å². The van der Waals surface area contributed by atoms with Crippen molar-refractivity contribution in [2.24, 2.45) is 0 Å². The lowest BCUT2D eigenvalue weighted by Gasteiger charge is -2.39. The smallest absolute Gasteiger partial charge is 0.417 e. The van der Waals surface area contributed by atoms with Gasteiger partial charge in [0.2, 0.25) is 5.56 Å². The molecule has 1 unspecified atom stereocenters. The van der Waals surface area contributed by atoms with Gasteiger partial charge in [-0.05, 0) is 24.1 Å². The average molecular weight is 442 g/mol. The van der Waals surface area contributed by atoms with Crippen molar-refractivity contribution in [3.05, 3.63) is 70.0 Å². The fourth-order valence-corrected chi connectivity index (χ4v) is 3.84. The first kappa shape index (κ1) is 21.1. The molecule has 164 valence electrons. The van der Waals surface area contributed by atoms with Crippen LogP contribution in [0.1, 0.15) is 11.1 Å². The Kier molecular flexibility index (Phi) is 5.10. The first-order valence-electron chi connectivity index (χ1n) is 9.30. The summed E-state index contributed by atoms with van der Waals surface area (Å²) in [6.45, 7) is -1.59. The first-order chi connectivity index (χ1) is 14.5. The molecular formula is C21H16F6N2O2. The Morgan fingerprint density at radius 3 is 2.39 bits per heavy atom. The summed E-state index contributed by atoms with van der Waals surface area (Å²) < 4.78 is 86.5. The summed E-state index contributed by atoms with van der Waals surface area (Å²) in [6, 6.07) is 10.8. The van der Waals surface area contributed by atoms with Crippen molar-refractivity contribution in [3.63, 3.8) is 0 Å². The lowest BCUT2D eigenvalue weighted by Crippen LogP contribution is -2.48. The molecule has 1 N–H and O–H groups in total. The number of H-pyrrole nitrogens is 1. The molecule has 1 aliphatic rings. The summed E-state index contributed by atoms with van der Waals surface area (Å²) in [5.41, 5.74) is -1.71. The van der Waals surface area contributed by atoms with Gasteiger partial charge in [-0.1, -0.05) is 30.3 Å². The van der Waals surface area contributed by atoms with E-state index in [0.29, 0.717) is 6.07 Å². The van der Waals surface area contributed by atoms with Crippen molar-refractivity contribution < 1.29 is 31.1 Å². The Balaban J connectivity index is 1.87. The Morgan fingerprint density at radius 1 is 1.03 bits per heavy atom. The second-order valence-corrected chi connectivity index (χ2v) is 7.28. The predicted molar refractivity (Wildman–Crippen MR) is 102 cm³/mol. The van der Waals surface area contributed by atoms with Gasteiger partial charge in [0.15, 0.2) is 5.75 Å². The Morgan fingerprint density at radius 2 is 1.74 bits per heavy atom. The van der Waals surface area contributed by atoms with E-state index < -0.39 is 41.4 Å². The molecule has 0 radical (unpaired) electrons. The van der Waals surface area contributed by atoms with Crippen LogP contribution in [0.3, 0.4) is 0 Å². The van der Waals surface area contributed by atoms with Crippen molar-refractivity contribution >= 4 is 16.6 Å². The van der Waals surface area contributed by atoms with Crippen LogP contribution in [0.2, 0.25) is 0 Å². The lowest BCUT2D eigenvalue weighted by molar-refractivity contribution is -0.136. The number of aromatic amines is 1. The minimum absolute atomic E-state index is 0.102. The summed E-state index contributed by atoms with van der Waals surface area (Å²) in [5, 5.41) is -0.463. The molecule has 1 atom stereocenters. The van der Waals surface area contributed by atoms with Crippen molar-refractivity contribution in [2.45, 2.75) is 24.8 Å². The largest absolute Gasteiger partial charge is 0.489 e. The van der Waals surface area contributed by atoms with Crippen LogP contribution in [0, 0.1) is 0 Å². The van der Waals surface area contributed by atoms with E-state index in [1.54, 1.807) is 30.3 Å². The van der Waals surface area contributed by atoms with E-state index >= 15 is 0 Å². The van der Waals surface area contributed by atoms with Crippen molar-refractivity contribution in [3.8, 4) is 5.75 Å². The molecule has 2 heterocycles. The van der Waals surface area contributed by atoms with E-state index in [-0.39, 0.29) is 30.0 Å². The summed E-state index contributed by atoms with van der Waals surface area (Å²) in [7, 11) is 0. The minimum Gasteiger partial charge on any atom is -0.489 e. The molecule has 10 heteroatoms. The molecule has 0 aliphatic carbocycles. The number of benzene rings is 2. The second-order valence-electron chi connectivity index (χ2n) is 7.28. The quantitative estimate of drug-likeness (QED) is 0.586. The van der Waals surface area contributed by atoms with E-state index in [0.717, 1.165) is 10.5 Å². The van der Waals surface area contributed by atoms with Crippen LogP contribution < -0.4 is 15.2 Å². The summed E-state index contributed by atoms with van der Waals surface area (Å²) >= 11 is 0. The van der Waals surface area contributed by atoms with Gasteiger partial charge in [-0.25, -0.2) is 0 Å². The molecule has 0 saturated heterocycles. The number of hydrogen-bond acceptors (Lipinski definition) is 3. The van der Waals surface area contributed by atoms with Gasteiger partial charge >= 0.3 is 12.4 Å². The normalized spacial score (nSPS) is 16.8. The average Bonchev–Trinajstić information content (AvgIpc) is 2.67. The highest BCUT2D eigenvalue weighted by Gasteiger charge is 2.40. The Bertz CT molecular complexity index is 1150. The third-order valence-corrected chi connectivity index (χ3v) is 5.08. The first-order valence-corrected chi connectivity index (χ1v) is 9.30. The number of hydrogen-bond donors (Lipinski definition) is 1. The van der Waals surface area contributed by atoms with E-state index in [2.05, 4.69) is 4.98 Å². The topological polar surface area (TPSA) is 45.3 Å². The molecular weight excluding hydrogens is 426 g/mol. The molecule has 0 bridgehead atoms. The predicted octanol–water partition coefficient (Wildman–Crippen LogP) is 4.92. The number of aromatic nitrogens is 1. The van der Waals surface area contributed by atoms with Crippen LogP contribution in [0.25, 0.3) is 10.9 Å². The van der Waals surface area contributed by atoms with Crippen LogP contribution in [0.15, 0.2) is 53.3 Å². The molecule has 31 heavy (non-hydrogen) atoms. The number of halogens is 6. The summed E-state index contributed by atoms with van der Waals surface area (Å²) in [6.07, 6.45) is -9.26. The van der Waals surface area contributed by atoms with Gasteiger partial charge in [-0.3, -0.25) is 4.79 Å². The van der Waals surface area contributed by atoms with E-state index in [9.17, 15) is 31.1 Å². The highest BCUT2D eigenvalue weighted by Crippen LogP contribution is 2.45. The standard InChI is InChI=1S/C21H16F6N2O2/c22-20(23,24)11-29-13(8-12-4-2-1-3-5-12)10-31-19-16(29)7-6-15-18(19)14(21(25,26)27)9-17(30)28-15/h1-7,9,13H,8,10-11H2,(H,28,30). The van der Waals surface area contributed by atoms with Crippen molar-refractivity contribution in [1.29, 1.82) is 0 Å². The molecule has 2 aromatic carbocycles. The zero-order chi connectivity index (χ0) is 22.4. The maximum absolute atomic E-state index is 13.6. The zero-order valence-electron chi connectivity index (χ0n) is 15.8. The molecule has 0 amide bonds. The van der Waals surface area contributed by atoms with Crippen molar-refractivity contribution in [2.75, 3.05) is 18.1 Å². The lowest BCUT2D eigenvalue weighted by atomic mass is 10.00. The number of fused-ring (bicyclic) bond motifs is 3. The summed E-state index contributed by atoms with van der Waals surface area (Å²) in [4.78, 5) is 15.0. The van der Waals surface area contributed by atoms with Gasteiger partial charge in [0.05, 0.1) is 28.2 Å². The Labute approximate surface area is 172 Å². The molecule has 3 aromatic rings. The minimum atomic E-state index is -4.89. The van der Waals surface area contributed by atoms with Crippen LogP contribution in [-0.4, -0.2) is 30.4 Å². The van der Waals surface area contributed by atoms with Gasteiger partial charge in [0, 0.05) is 6.07 Å². The van der Waals surface area contributed by atoms with Crippen LogP contribution in [-0.2, 0) is 12.6 Å². The fraction of sp³-hybridized carbons (Fsp3) is 0.286. The van der Waals surface area contributed by atoms with Gasteiger partial charge < -0.3 is 14.6 Å². The van der Waals surface area contributed by atoms with Gasteiger partial charge in [-0.2, -0.15) is 26.3 Å². The van der Waals surface area contributed by atoms with Gasteiger partial charge in [-0.15, -0.1) is 0 Å². The maximum atomic E-state index is 13.6.